The molecule has 2 aromatic rings. The molecule has 0 radical (unpaired) electrons. The summed E-state index contributed by atoms with van der Waals surface area (Å²) in [6, 6.07) is 20.8. The van der Waals surface area contributed by atoms with Crippen molar-refractivity contribution in [2.75, 3.05) is 6.54 Å². The van der Waals surface area contributed by atoms with Gasteiger partial charge in [-0.25, -0.2) is 0 Å². The third-order valence-electron chi connectivity index (χ3n) is 3.88. The van der Waals surface area contributed by atoms with E-state index in [-0.39, 0.29) is 11.9 Å². The molecule has 1 atom stereocenters. The van der Waals surface area contributed by atoms with Crippen LogP contribution in [0.5, 0.6) is 0 Å². The minimum atomic E-state index is 0.0891. The number of benzene rings is 2. The summed E-state index contributed by atoms with van der Waals surface area (Å²) >= 11 is 0. The van der Waals surface area contributed by atoms with Gasteiger partial charge in [0.05, 0.1) is 6.54 Å². The Hall–Kier alpha value is -2.13. The van der Waals surface area contributed by atoms with Gasteiger partial charge in [0.2, 0.25) is 5.91 Å². The van der Waals surface area contributed by atoms with Crippen molar-refractivity contribution in [1.29, 1.82) is 0 Å². The Morgan fingerprint density at radius 3 is 1.87 bits per heavy atom. The molecule has 0 aliphatic heterocycles. The summed E-state index contributed by atoms with van der Waals surface area (Å²) in [5.41, 5.74) is 2.44. The standard InChI is InChI=1S/C20H26N2O/c1-3-17(2)21-20(23)16-22(14-18-10-6-4-7-11-18)15-19-12-8-5-9-13-19/h4-13,17H,3,14-16H2,1-2H3,(H,21,23). The normalized spacial score (nSPS) is 12.1. The molecule has 3 heteroatoms. The van der Waals surface area contributed by atoms with E-state index < -0.39 is 0 Å². The zero-order chi connectivity index (χ0) is 16.5. The summed E-state index contributed by atoms with van der Waals surface area (Å²) < 4.78 is 0. The van der Waals surface area contributed by atoms with Crippen LogP contribution in [-0.4, -0.2) is 23.4 Å². The van der Waals surface area contributed by atoms with Gasteiger partial charge in [0.15, 0.2) is 0 Å². The van der Waals surface area contributed by atoms with E-state index in [0.717, 1.165) is 19.5 Å². The summed E-state index contributed by atoms with van der Waals surface area (Å²) in [6.07, 6.45) is 0.948. The maximum Gasteiger partial charge on any atom is 0.234 e. The van der Waals surface area contributed by atoms with E-state index in [2.05, 4.69) is 41.4 Å². The Balaban J connectivity index is 2.03. The largest absolute Gasteiger partial charge is 0.353 e. The molecule has 0 fully saturated rings. The van der Waals surface area contributed by atoms with Gasteiger partial charge in [-0.15, -0.1) is 0 Å². The van der Waals surface area contributed by atoms with E-state index in [1.54, 1.807) is 0 Å². The first-order valence-electron chi connectivity index (χ1n) is 8.27. The molecule has 23 heavy (non-hydrogen) atoms. The molecule has 122 valence electrons. The number of hydrogen-bond acceptors (Lipinski definition) is 2. The third kappa shape index (κ3) is 6.25. The van der Waals surface area contributed by atoms with E-state index >= 15 is 0 Å². The van der Waals surface area contributed by atoms with E-state index in [9.17, 15) is 4.79 Å². The van der Waals surface area contributed by atoms with Crippen LogP contribution in [0.4, 0.5) is 0 Å². The molecule has 0 saturated carbocycles. The Morgan fingerprint density at radius 1 is 0.957 bits per heavy atom. The fourth-order valence-corrected chi connectivity index (χ4v) is 2.48. The highest BCUT2D eigenvalue weighted by Crippen LogP contribution is 2.10. The van der Waals surface area contributed by atoms with Crippen LogP contribution in [0, 0.1) is 0 Å². The van der Waals surface area contributed by atoms with Crippen LogP contribution in [0.3, 0.4) is 0 Å². The number of amides is 1. The summed E-state index contributed by atoms with van der Waals surface area (Å²) in [5, 5.41) is 3.05. The van der Waals surface area contributed by atoms with Gasteiger partial charge in [-0.05, 0) is 24.5 Å². The molecular weight excluding hydrogens is 284 g/mol. The highest BCUT2D eigenvalue weighted by atomic mass is 16.2. The van der Waals surface area contributed by atoms with Gasteiger partial charge in [0.25, 0.3) is 0 Å². The Kier molecular flexibility index (Phi) is 6.82. The van der Waals surface area contributed by atoms with E-state index in [1.807, 2.05) is 43.3 Å². The van der Waals surface area contributed by atoms with Gasteiger partial charge in [-0.1, -0.05) is 67.6 Å². The zero-order valence-corrected chi connectivity index (χ0v) is 14.0. The number of carbonyl (C=O) groups is 1. The van der Waals surface area contributed by atoms with Gasteiger partial charge in [-0.2, -0.15) is 0 Å². The van der Waals surface area contributed by atoms with Crippen molar-refractivity contribution in [2.45, 2.75) is 39.4 Å². The zero-order valence-electron chi connectivity index (χ0n) is 14.0. The van der Waals surface area contributed by atoms with Crippen LogP contribution in [-0.2, 0) is 17.9 Å². The SMILES string of the molecule is CCC(C)NC(=O)CN(Cc1ccccc1)Cc1ccccc1. The first-order chi connectivity index (χ1) is 11.2. The highest BCUT2D eigenvalue weighted by molar-refractivity contribution is 5.78. The van der Waals surface area contributed by atoms with Crippen LogP contribution in [0.25, 0.3) is 0 Å². The lowest BCUT2D eigenvalue weighted by Gasteiger charge is -2.23. The Labute approximate surface area is 139 Å². The summed E-state index contributed by atoms with van der Waals surface area (Å²) in [5.74, 6) is 0.0891. The lowest BCUT2D eigenvalue weighted by molar-refractivity contribution is -0.123. The smallest absolute Gasteiger partial charge is 0.234 e. The van der Waals surface area contributed by atoms with Crippen molar-refractivity contribution in [1.82, 2.24) is 10.2 Å². The van der Waals surface area contributed by atoms with Crippen molar-refractivity contribution >= 4 is 5.91 Å². The monoisotopic (exact) mass is 310 g/mol. The molecule has 0 heterocycles. The number of hydrogen-bond donors (Lipinski definition) is 1. The van der Waals surface area contributed by atoms with Crippen LogP contribution in [0.2, 0.25) is 0 Å². The molecule has 0 saturated heterocycles. The Bertz CT molecular complexity index is 542. The molecule has 1 amide bonds. The predicted octanol–water partition coefficient (Wildman–Crippen LogP) is 3.60. The maximum atomic E-state index is 12.3. The van der Waals surface area contributed by atoms with Crippen LogP contribution in [0.1, 0.15) is 31.4 Å². The van der Waals surface area contributed by atoms with Gasteiger partial charge in [0, 0.05) is 19.1 Å². The number of nitrogens with zero attached hydrogens (tertiary/aromatic N) is 1. The first-order valence-corrected chi connectivity index (χ1v) is 8.27. The topological polar surface area (TPSA) is 32.3 Å². The summed E-state index contributed by atoms with van der Waals surface area (Å²) in [7, 11) is 0. The quantitative estimate of drug-likeness (QED) is 0.808. The molecule has 0 aromatic heterocycles. The lowest BCUT2D eigenvalue weighted by atomic mass is 10.1. The van der Waals surface area contributed by atoms with E-state index in [1.165, 1.54) is 11.1 Å². The maximum absolute atomic E-state index is 12.3. The van der Waals surface area contributed by atoms with E-state index in [4.69, 9.17) is 0 Å². The molecule has 3 nitrogen and oxygen atoms in total. The van der Waals surface area contributed by atoms with Gasteiger partial charge >= 0.3 is 0 Å². The molecule has 0 bridgehead atoms. The number of rotatable bonds is 8. The molecule has 0 aliphatic carbocycles. The van der Waals surface area contributed by atoms with Gasteiger partial charge in [0.1, 0.15) is 0 Å². The van der Waals surface area contributed by atoms with Gasteiger partial charge < -0.3 is 5.32 Å². The fourth-order valence-electron chi connectivity index (χ4n) is 2.48. The van der Waals surface area contributed by atoms with Crippen molar-refractivity contribution in [2.24, 2.45) is 0 Å². The van der Waals surface area contributed by atoms with Crippen molar-refractivity contribution < 1.29 is 4.79 Å². The molecule has 1 unspecified atom stereocenters. The summed E-state index contributed by atoms with van der Waals surface area (Å²) in [6.45, 7) is 6.06. The average molecular weight is 310 g/mol. The third-order valence-corrected chi connectivity index (χ3v) is 3.88. The molecule has 1 N–H and O–H groups in total. The average Bonchev–Trinajstić information content (AvgIpc) is 2.56. The summed E-state index contributed by atoms with van der Waals surface area (Å²) in [4.78, 5) is 14.4. The molecule has 0 spiro atoms. The first kappa shape index (κ1) is 17.2. The molecule has 0 aliphatic rings. The minimum Gasteiger partial charge on any atom is -0.353 e. The second-order valence-corrected chi connectivity index (χ2v) is 5.99. The van der Waals surface area contributed by atoms with Gasteiger partial charge in [-0.3, -0.25) is 9.69 Å². The minimum absolute atomic E-state index is 0.0891. The second-order valence-electron chi connectivity index (χ2n) is 5.99. The molecule has 2 rings (SSSR count). The van der Waals surface area contributed by atoms with Crippen molar-refractivity contribution in [3.05, 3.63) is 71.8 Å². The lowest BCUT2D eigenvalue weighted by Crippen LogP contribution is -2.40. The van der Waals surface area contributed by atoms with Crippen LogP contribution < -0.4 is 5.32 Å². The van der Waals surface area contributed by atoms with Crippen LogP contribution >= 0.6 is 0 Å². The highest BCUT2D eigenvalue weighted by Gasteiger charge is 2.13. The number of carbonyl (C=O) groups excluding carboxylic acids is 1. The predicted molar refractivity (Wildman–Crippen MR) is 94.9 cm³/mol. The van der Waals surface area contributed by atoms with Crippen LogP contribution in [0.15, 0.2) is 60.7 Å². The second kappa shape index (κ2) is 9.11. The molecule has 2 aromatic carbocycles. The fraction of sp³-hybridized carbons (Fsp3) is 0.350. The van der Waals surface area contributed by atoms with Crippen molar-refractivity contribution in [3.8, 4) is 0 Å². The van der Waals surface area contributed by atoms with Crippen molar-refractivity contribution in [3.63, 3.8) is 0 Å². The Morgan fingerprint density at radius 2 is 1.43 bits per heavy atom. The number of nitrogens with one attached hydrogen (secondary N) is 1. The molecular formula is C20H26N2O. The van der Waals surface area contributed by atoms with E-state index in [0.29, 0.717) is 6.54 Å².